The molecule has 0 aromatic rings. The number of rotatable bonds is 1. The molecule has 0 aliphatic carbocycles. The van der Waals surface area contributed by atoms with Crippen molar-refractivity contribution < 1.29 is 0 Å². The fraction of sp³-hybridized carbons (Fsp3) is 0.800. The molecule has 0 bridgehead atoms. The van der Waals surface area contributed by atoms with Crippen LogP contribution in [0.2, 0.25) is 0 Å². The largest absolute Gasteiger partial charge is 0.306 e. The molecule has 2 nitrogen and oxygen atoms in total. The summed E-state index contributed by atoms with van der Waals surface area (Å²) in [6.45, 7) is 2.15. The van der Waals surface area contributed by atoms with Crippen LogP contribution in [-0.2, 0) is 0 Å². The monoisotopic (exact) mass is 176 g/mol. The van der Waals surface area contributed by atoms with E-state index in [2.05, 4.69) is 33.4 Å². The second-order valence-electron chi connectivity index (χ2n) is 1.93. The van der Waals surface area contributed by atoms with E-state index in [-0.39, 0.29) is 0 Å². The lowest BCUT2D eigenvalue weighted by Gasteiger charge is -2.01. The van der Waals surface area contributed by atoms with E-state index >= 15 is 0 Å². The van der Waals surface area contributed by atoms with Gasteiger partial charge in [0.1, 0.15) is 4.62 Å². The summed E-state index contributed by atoms with van der Waals surface area (Å²) in [4.78, 5) is 0. The second-order valence-corrected chi connectivity index (χ2v) is 2.84. The summed E-state index contributed by atoms with van der Waals surface area (Å²) in [6.07, 6.45) is 2.20. The summed E-state index contributed by atoms with van der Waals surface area (Å²) < 4.78 is 1.05. The van der Waals surface area contributed by atoms with E-state index in [9.17, 15) is 0 Å². The normalized spacial score (nSPS) is 27.2. The molecule has 1 atom stereocenters. The minimum absolute atomic E-state index is 0.573. The quantitative estimate of drug-likeness (QED) is 0.644. The van der Waals surface area contributed by atoms with Gasteiger partial charge >= 0.3 is 0 Å². The first-order valence-corrected chi connectivity index (χ1v) is 3.60. The molecule has 0 spiro atoms. The van der Waals surface area contributed by atoms with Gasteiger partial charge in [0, 0.05) is 12.5 Å². The van der Waals surface area contributed by atoms with Crippen LogP contribution in [-0.4, -0.2) is 10.7 Å². The summed E-state index contributed by atoms with van der Waals surface area (Å²) in [5.41, 5.74) is 3.00. The Kier molecular flexibility index (Phi) is 1.89. The minimum Gasteiger partial charge on any atom is -0.306 e. The Balaban J connectivity index is 2.32. The first-order valence-electron chi connectivity index (χ1n) is 2.80. The Morgan fingerprint density at radius 1 is 2.00 bits per heavy atom. The second kappa shape index (κ2) is 2.49. The standard InChI is InChI=1S/C5H9BrN2/c1-2-4-3-5(6)8-7-4/h4,7H,2-3H2,1H3. The first-order chi connectivity index (χ1) is 3.83. The highest BCUT2D eigenvalue weighted by Gasteiger charge is 2.12. The molecule has 3 heteroatoms. The SMILES string of the molecule is CCC1CC(Br)=NN1. The van der Waals surface area contributed by atoms with Crippen LogP contribution in [0.1, 0.15) is 19.8 Å². The fourth-order valence-corrected chi connectivity index (χ4v) is 1.18. The van der Waals surface area contributed by atoms with Gasteiger partial charge in [0.05, 0.1) is 0 Å². The van der Waals surface area contributed by atoms with Gasteiger partial charge in [0.15, 0.2) is 0 Å². The van der Waals surface area contributed by atoms with Crippen LogP contribution < -0.4 is 5.43 Å². The molecular formula is C5H9BrN2. The van der Waals surface area contributed by atoms with E-state index in [1.807, 2.05) is 0 Å². The molecule has 0 saturated carbocycles. The van der Waals surface area contributed by atoms with E-state index in [1.165, 1.54) is 0 Å². The van der Waals surface area contributed by atoms with Crippen molar-refractivity contribution in [3.8, 4) is 0 Å². The van der Waals surface area contributed by atoms with Gasteiger partial charge in [-0.3, -0.25) is 0 Å². The predicted molar refractivity (Wildman–Crippen MR) is 38.2 cm³/mol. The maximum atomic E-state index is 3.97. The van der Waals surface area contributed by atoms with Crippen molar-refractivity contribution in [2.45, 2.75) is 25.8 Å². The molecule has 1 aliphatic heterocycles. The third kappa shape index (κ3) is 1.22. The Morgan fingerprint density at radius 2 is 2.75 bits per heavy atom. The summed E-state index contributed by atoms with van der Waals surface area (Å²) in [6, 6.07) is 0.573. The Labute approximate surface area is 57.5 Å². The maximum absolute atomic E-state index is 3.97. The molecule has 0 fully saturated rings. The molecule has 0 saturated heterocycles. The highest BCUT2D eigenvalue weighted by atomic mass is 79.9. The minimum atomic E-state index is 0.573. The highest BCUT2D eigenvalue weighted by molar-refractivity contribution is 9.18. The van der Waals surface area contributed by atoms with E-state index in [0.717, 1.165) is 17.5 Å². The highest BCUT2D eigenvalue weighted by Crippen LogP contribution is 2.09. The summed E-state index contributed by atoms with van der Waals surface area (Å²) in [5.74, 6) is 0. The maximum Gasteiger partial charge on any atom is 0.105 e. The third-order valence-corrected chi connectivity index (χ3v) is 1.78. The lowest BCUT2D eigenvalue weighted by atomic mass is 10.2. The first kappa shape index (κ1) is 6.08. The molecule has 0 aromatic carbocycles. The zero-order valence-electron chi connectivity index (χ0n) is 4.82. The van der Waals surface area contributed by atoms with Crippen LogP contribution in [0.15, 0.2) is 5.10 Å². The van der Waals surface area contributed by atoms with Crippen LogP contribution in [0.25, 0.3) is 0 Å². The molecule has 46 valence electrons. The molecule has 8 heavy (non-hydrogen) atoms. The fourth-order valence-electron chi connectivity index (χ4n) is 0.692. The smallest absolute Gasteiger partial charge is 0.105 e. The zero-order chi connectivity index (χ0) is 5.98. The number of halogens is 1. The number of hydrazone groups is 1. The Morgan fingerprint density at radius 3 is 3.00 bits per heavy atom. The van der Waals surface area contributed by atoms with Crippen molar-refractivity contribution in [3.05, 3.63) is 0 Å². The summed E-state index contributed by atoms with van der Waals surface area (Å²) in [7, 11) is 0. The van der Waals surface area contributed by atoms with Crippen molar-refractivity contribution in [1.82, 2.24) is 5.43 Å². The number of hydrogen-bond donors (Lipinski definition) is 1. The van der Waals surface area contributed by atoms with Crippen LogP contribution in [0.3, 0.4) is 0 Å². The molecular weight excluding hydrogens is 168 g/mol. The summed E-state index contributed by atoms with van der Waals surface area (Å²) in [5, 5.41) is 3.97. The molecule has 1 N–H and O–H groups in total. The van der Waals surface area contributed by atoms with Crippen molar-refractivity contribution in [1.29, 1.82) is 0 Å². The van der Waals surface area contributed by atoms with Crippen molar-refractivity contribution >= 4 is 20.6 Å². The van der Waals surface area contributed by atoms with Gasteiger partial charge in [-0.05, 0) is 22.4 Å². The Bertz CT molecular complexity index is 111. The van der Waals surface area contributed by atoms with Gasteiger partial charge in [-0.1, -0.05) is 6.92 Å². The molecule has 1 heterocycles. The average Bonchev–Trinajstić information content (AvgIpc) is 2.14. The van der Waals surface area contributed by atoms with E-state index < -0.39 is 0 Å². The molecule has 1 aliphatic rings. The lowest BCUT2D eigenvalue weighted by Crippen LogP contribution is -2.16. The number of hydrogen-bond acceptors (Lipinski definition) is 2. The van der Waals surface area contributed by atoms with Gasteiger partial charge in [0.25, 0.3) is 0 Å². The topological polar surface area (TPSA) is 24.4 Å². The van der Waals surface area contributed by atoms with Gasteiger partial charge in [-0.2, -0.15) is 5.10 Å². The average molecular weight is 177 g/mol. The van der Waals surface area contributed by atoms with Crippen molar-refractivity contribution in [2.75, 3.05) is 0 Å². The van der Waals surface area contributed by atoms with Crippen LogP contribution in [0.4, 0.5) is 0 Å². The molecule has 0 aromatic heterocycles. The number of nitrogens with one attached hydrogen (secondary N) is 1. The van der Waals surface area contributed by atoms with Crippen LogP contribution >= 0.6 is 15.9 Å². The van der Waals surface area contributed by atoms with Gasteiger partial charge in [-0.15, -0.1) is 0 Å². The summed E-state index contributed by atoms with van der Waals surface area (Å²) >= 11 is 3.31. The van der Waals surface area contributed by atoms with Gasteiger partial charge in [0.2, 0.25) is 0 Å². The van der Waals surface area contributed by atoms with Crippen LogP contribution in [0.5, 0.6) is 0 Å². The predicted octanol–water partition coefficient (Wildman–Crippen LogP) is 1.47. The van der Waals surface area contributed by atoms with Gasteiger partial charge < -0.3 is 5.43 Å². The van der Waals surface area contributed by atoms with Crippen molar-refractivity contribution in [3.63, 3.8) is 0 Å². The van der Waals surface area contributed by atoms with E-state index in [4.69, 9.17) is 0 Å². The lowest BCUT2D eigenvalue weighted by molar-refractivity contribution is 0.568. The van der Waals surface area contributed by atoms with Crippen LogP contribution in [0, 0.1) is 0 Å². The van der Waals surface area contributed by atoms with E-state index in [1.54, 1.807) is 0 Å². The molecule has 1 rings (SSSR count). The Hall–Kier alpha value is -0.0500. The zero-order valence-corrected chi connectivity index (χ0v) is 6.40. The molecule has 1 unspecified atom stereocenters. The third-order valence-electron chi connectivity index (χ3n) is 1.28. The van der Waals surface area contributed by atoms with Gasteiger partial charge in [-0.25, -0.2) is 0 Å². The van der Waals surface area contributed by atoms with E-state index in [0.29, 0.717) is 6.04 Å². The van der Waals surface area contributed by atoms with Crippen molar-refractivity contribution in [2.24, 2.45) is 5.10 Å². The number of nitrogens with zero attached hydrogens (tertiary/aromatic N) is 1. The molecule has 0 radical (unpaired) electrons. The molecule has 0 amide bonds.